The molecule has 0 bridgehead atoms. The molecular weight excluding hydrogens is 195 g/mol. The van der Waals surface area contributed by atoms with E-state index >= 15 is 0 Å². The first kappa shape index (κ1) is 12.7. The van der Waals surface area contributed by atoms with E-state index in [9.17, 15) is 13.2 Å². The SMILES string of the molecule is CC.Cc1cnc(N)nc1C(F)(F)F. The molecule has 0 saturated carbocycles. The number of rotatable bonds is 0. The molecule has 0 aliphatic carbocycles. The van der Waals surface area contributed by atoms with Crippen molar-refractivity contribution < 1.29 is 13.2 Å². The largest absolute Gasteiger partial charge is 0.433 e. The second-order valence-electron chi connectivity index (χ2n) is 2.26. The van der Waals surface area contributed by atoms with Crippen molar-refractivity contribution in [2.45, 2.75) is 26.9 Å². The van der Waals surface area contributed by atoms with Crippen molar-refractivity contribution in [1.29, 1.82) is 0 Å². The summed E-state index contributed by atoms with van der Waals surface area (Å²) in [5.74, 6) is -0.368. The number of nitrogen functional groups attached to an aromatic ring is 1. The van der Waals surface area contributed by atoms with Crippen LogP contribution < -0.4 is 5.73 Å². The van der Waals surface area contributed by atoms with Crippen LogP contribution in [0.5, 0.6) is 0 Å². The Morgan fingerprint density at radius 3 is 2.14 bits per heavy atom. The van der Waals surface area contributed by atoms with E-state index < -0.39 is 11.9 Å². The van der Waals surface area contributed by atoms with Crippen LogP contribution in [-0.2, 0) is 6.18 Å². The number of hydrogen-bond donors (Lipinski definition) is 1. The summed E-state index contributed by atoms with van der Waals surface area (Å²) in [6.07, 6.45) is -3.41. The first-order valence-corrected chi connectivity index (χ1v) is 4.07. The smallest absolute Gasteiger partial charge is 0.368 e. The first-order valence-electron chi connectivity index (χ1n) is 4.07. The van der Waals surface area contributed by atoms with E-state index in [0.717, 1.165) is 6.20 Å². The zero-order chi connectivity index (χ0) is 11.4. The molecule has 0 aliphatic rings. The quantitative estimate of drug-likeness (QED) is 0.710. The highest BCUT2D eigenvalue weighted by Gasteiger charge is 2.34. The Hall–Kier alpha value is -1.33. The van der Waals surface area contributed by atoms with Crippen molar-refractivity contribution in [3.63, 3.8) is 0 Å². The summed E-state index contributed by atoms with van der Waals surface area (Å²) in [5, 5.41) is 0. The fourth-order valence-electron chi connectivity index (χ4n) is 0.743. The summed E-state index contributed by atoms with van der Waals surface area (Å²) >= 11 is 0. The van der Waals surface area contributed by atoms with Crippen molar-refractivity contribution in [1.82, 2.24) is 9.97 Å². The highest BCUT2D eigenvalue weighted by Crippen LogP contribution is 2.29. The number of hydrogen-bond acceptors (Lipinski definition) is 3. The number of aryl methyl sites for hydroxylation is 1. The van der Waals surface area contributed by atoms with Crippen LogP contribution in [0.3, 0.4) is 0 Å². The van der Waals surface area contributed by atoms with E-state index in [2.05, 4.69) is 9.97 Å². The summed E-state index contributed by atoms with van der Waals surface area (Å²) in [4.78, 5) is 6.51. The molecule has 0 spiro atoms. The van der Waals surface area contributed by atoms with E-state index in [1.807, 2.05) is 13.8 Å². The highest BCUT2D eigenvalue weighted by atomic mass is 19.4. The molecular formula is C8H12F3N3. The third kappa shape index (κ3) is 3.20. The van der Waals surface area contributed by atoms with Crippen LogP contribution in [0.4, 0.5) is 19.1 Å². The molecule has 1 heterocycles. The Balaban J connectivity index is 0.000000791. The molecule has 0 saturated heterocycles. The summed E-state index contributed by atoms with van der Waals surface area (Å²) in [6.45, 7) is 5.28. The fraction of sp³-hybridized carbons (Fsp3) is 0.500. The summed E-state index contributed by atoms with van der Waals surface area (Å²) in [7, 11) is 0. The number of alkyl halides is 3. The van der Waals surface area contributed by atoms with Gasteiger partial charge in [0, 0.05) is 6.20 Å². The van der Waals surface area contributed by atoms with E-state index in [1.165, 1.54) is 6.92 Å². The Labute approximate surface area is 80.2 Å². The Bertz CT molecular complexity index is 296. The standard InChI is InChI=1S/C6H6F3N3.C2H6/c1-3-2-11-5(10)12-4(3)6(7,8)9;1-2/h2H,1H3,(H2,10,11,12);1-2H3. The van der Waals surface area contributed by atoms with E-state index in [4.69, 9.17) is 5.73 Å². The maximum absolute atomic E-state index is 12.1. The van der Waals surface area contributed by atoms with Crippen LogP contribution in [0.1, 0.15) is 25.1 Å². The van der Waals surface area contributed by atoms with Gasteiger partial charge in [-0.3, -0.25) is 0 Å². The van der Waals surface area contributed by atoms with Crippen LogP contribution in [0.15, 0.2) is 6.20 Å². The summed E-state index contributed by atoms with van der Waals surface area (Å²) < 4.78 is 36.2. The third-order valence-corrected chi connectivity index (χ3v) is 1.26. The monoisotopic (exact) mass is 207 g/mol. The second kappa shape index (κ2) is 4.78. The number of anilines is 1. The molecule has 0 fully saturated rings. The van der Waals surface area contributed by atoms with Crippen molar-refractivity contribution in [2.24, 2.45) is 0 Å². The van der Waals surface area contributed by atoms with Gasteiger partial charge in [-0.2, -0.15) is 13.2 Å². The maximum Gasteiger partial charge on any atom is 0.433 e. The zero-order valence-electron chi connectivity index (χ0n) is 8.18. The van der Waals surface area contributed by atoms with Gasteiger partial charge >= 0.3 is 6.18 Å². The average Bonchev–Trinajstić information content (AvgIpc) is 2.11. The lowest BCUT2D eigenvalue weighted by molar-refractivity contribution is -0.141. The number of nitrogens with two attached hydrogens (primary N) is 1. The first-order chi connectivity index (χ1) is 6.41. The minimum atomic E-state index is -4.46. The normalized spacial score (nSPS) is 10.4. The molecule has 0 unspecified atom stereocenters. The molecule has 0 radical (unpaired) electrons. The summed E-state index contributed by atoms with van der Waals surface area (Å²) in [6, 6.07) is 0. The lowest BCUT2D eigenvalue weighted by Gasteiger charge is -2.07. The molecule has 14 heavy (non-hydrogen) atoms. The van der Waals surface area contributed by atoms with Gasteiger partial charge in [-0.1, -0.05) is 13.8 Å². The van der Waals surface area contributed by atoms with E-state index in [0.29, 0.717) is 0 Å². The predicted molar refractivity (Wildman–Crippen MR) is 47.5 cm³/mol. The minimum absolute atomic E-state index is 0.0308. The van der Waals surface area contributed by atoms with Gasteiger partial charge in [-0.05, 0) is 12.5 Å². The van der Waals surface area contributed by atoms with Crippen LogP contribution in [0, 0.1) is 6.92 Å². The van der Waals surface area contributed by atoms with Gasteiger partial charge in [0.1, 0.15) is 0 Å². The van der Waals surface area contributed by atoms with Gasteiger partial charge in [0.15, 0.2) is 5.69 Å². The topological polar surface area (TPSA) is 51.8 Å². The van der Waals surface area contributed by atoms with Gasteiger partial charge in [-0.25, -0.2) is 9.97 Å². The number of aromatic nitrogens is 2. The van der Waals surface area contributed by atoms with Crippen LogP contribution in [0.2, 0.25) is 0 Å². The summed E-state index contributed by atoms with van der Waals surface area (Å²) in [5.41, 5.74) is 3.99. The van der Waals surface area contributed by atoms with Crippen molar-refractivity contribution in [3.8, 4) is 0 Å². The van der Waals surface area contributed by atoms with Crippen LogP contribution in [0.25, 0.3) is 0 Å². The highest BCUT2D eigenvalue weighted by molar-refractivity contribution is 5.25. The molecule has 80 valence electrons. The van der Waals surface area contributed by atoms with Gasteiger partial charge < -0.3 is 5.73 Å². The maximum atomic E-state index is 12.1. The molecule has 6 heteroatoms. The average molecular weight is 207 g/mol. The van der Waals surface area contributed by atoms with Crippen LogP contribution in [-0.4, -0.2) is 9.97 Å². The molecule has 3 nitrogen and oxygen atoms in total. The molecule has 0 aromatic carbocycles. The van der Waals surface area contributed by atoms with Crippen LogP contribution >= 0.6 is 0 Å². The van der Waals surface area contributed by atoms with Crippen molar-refractivity contribution in [3.05, 3.63) is 17.5 Å². The lowest BCUT2D eigenvalue weighted by Crippen LogP contribution is -2.12. The molecule has 1 aromatic heterocycles. The van der Waals surface area contributed by atoms with Gasteiger partial charge in [0.05, 0.1) is 0 Å². The van der Waals surface area contributed by atoms with E-state index in [1.54, 1.807) is 0 Å². The fourth-order valence-corrected chi connectivity index (χ4v) is 0.743. The van der Waals surface area contributed by atoms with Gasteiger partial charge in [0.2, 0.25) is 5.95 Å². The molecule has 1 aromatic rings. The van der Waals surface area contributed by atoms with Crippen molar-refractivity contribution >= 4 is 5.95 Å². The molecule has 2 N–H and O–H groups in total. The minimum Gasteiger partial charge on any atom is -0.368 e. The Kier molecular flexibility index (Phi) is 4.33. The van der Waals surface area contributed by atoms with Crippen molar-refractivity contribution in [2.75, 3.05) is 5.73 Å². The second-order valence-corrected chi connectivity index (χ2v) is 2.26. The van der Waals surface area contributed by atoms with Gasteiger partial charge in [-0.15, -0.1) is 0 Å². The number of nitrogens with zero attached hydrogens (tertiary/aromatic N) is 2. The van der Waals surface area contributed by atoms with E-state index in [-0.39, 0.29) is 11.5 Å². The lowest BCUT2D eigenvalue weighted by atomic mass is 10.2. The Morgan fingerprint density at radius 2 is 1.79 bits per heavy atom. The zero-order valence-corrected chi connectivity index (χ0v) is 8.18. The molecule has 0 aliphatic heterocycles. The molecule has 0 amide bonds. The Morgan fingerprint density at radius 1 is 1.29 bits per heavy atom. The molecule has 0 atom stereocenters. The predicted octanol–water partition coefficient (Wildman–Crippen LogP) is 2.41. The van der Waals surface area contributed by atoms with Gasteiger partial charge in [0.25, 0.3) is 0 Å². The number of halogens is 3. The molecule has 1 rings (SSSR count). The third-order valence-electron chi connectivity index (χ3n) is 1.26.